The highest BCUT2D eigenvalue weighted by Crippen LogP contribution is 2.22. The third-order valence-corrected chi connectivity index (χ3v) is 3.75. The first-order valence-corrected chi connectivity index (χ1v) is 7.43. The predicted molar refractivity (Wildman–Crippen MR) is 86.6 cm³/mol. The summed E-state index contributed by atoms with van der Waals surface area (Å²) >= 11 is 0. The molecule has 0 saturated heterocycles. The van der Waals surface area contributed by atoms with Gasteiger partial charge < -0.3 is 5.32 Å². The molecule has 1 atom stereocenters. The highest BCUT2D eigenvalue weighted by molar-refractivity contribution is 5.94. The highest BCUT2D eigenvalue weighted by Gasteiger charge is 2.17. The largest absolute Gasteiger partial charge is 0.345 e. The van der Waals surface area contributed by atoms with E-state index in [0.29, 0.717) is 23.2 Å². The van der Waals surface area contributed by atoms with E-state index in [1.165, 1.54) is 18.5 Å². The van der Waals surface area contributed by atoms with Crippen molar-refractivity contribution in [3.63, 3.8) is 0 Å². The number of nitrogens with zero attached hydrogens (tertiary/aromatic N) is 4. The van der Waals surface area contributed by atoms with Gasteiger partial charge in [-0.3, -0.25) is 19.3 Å². The quantitative estimate of drug-likeness (QED) is 0.573. The maximum atomic E-state index is 12.5. The van der Waals surface area contributed by atoms with Crippen molar-refractivity contribution in [3.05, 3.63) is 70.2 Å². The Hall–Kier alpha value is -3.29. The molecular weight excluding hydrogens is 310 g/mol. The number of nitro groups is 1. The Morgan fingerprint density at radius 3 is 2.96 bits per heavy atom. The van der Waals surface area contributed by atoms with Crippen molar-refractivity contribution in [2.75, 3.05) is 0 Å². The molecule has 8 nitrogen and oxygen atoms in total. The first-order valence-electron chi connectivity index (χ1n) is 7.43. The zero-order chi connectivity index (χ0) is 17.1. The fourth-order valence-corrected chi connectivity index (χ4v) is 2.48. The number of carbonyl (C=O) groups excluding carboxylic acids is 1. The smallest absolute Gasteiger partial charge is 0.269 e. The van der Waals surface area contributed by atoms with Gasteiger partial charge in [-0.05, 0) is 24.1 Å². The van der Waals surface area contributed by atoms with Gasteiger partial charge in [0.15, 0.2) is 5.65 Å². The van der Waals surface area contributed by atoms with E-state index in [1.807, 2.05) is 6.92 Å². The molecule has 24 heavy (non-hydrogen) atoms. The molecule has 0 aliphatic carbocycles. The van der Waals surface area contributed by atoms with Gasteiger partial charge in [-0.25, -0.2) is 0 Å². The standard InChI is InChI=1S/C16H15N5O3/c1-2-14(11-4-3-5-13(8-11)21(23)24)18-16(22)12-6-7-15-19-17-10-20(15)9-12/h3-10,14H,2H2,1H3,(H,18,22)/t14-/m0/s1. The van der Waals surface area contributed by atoms with Crippen LogP contribution in [-0.4, -0.2) is 25.4 Å². The molecule has 2 heterocycles. The summed E-state index contributed by atoms with van der Waals surface area (Å²) in [5.41, 5.74) is 1.82. The van der Waals surface area contributed by atoms with Crippen LogP contribution in [0.4, 0.5) is 5.69 Å². The number of benzene rings is 1. The first-order chi connectivity index (χ1) is 11.6. The van der Waals surface area contributed by atoms with E-state index in [9.17, 15) is 14.9 Å². The number of nitrogens with one attached hydrogen (secondary N) is 1. The molecular formula is C16H15N5O3. The summed E-state index contributed by atoms with van der Waals surface area (Å²) in [5.74, 6) is -0.260. The Balaban J connectivity index is 1.82. The lowest BCUT2D eigenvalue weighted by Gasteiger charge is -2.17. The molecule has 0 radical (unpaired) electrons. The molecule has 0 aliphatic heterocycles. The van der Waals surface area contributed by atoms with Gasteiger partial charge in [0.05, 0.1) is 16.5 Å². The Labute approximate surface area is 137 Å². The van der Waals surface area contributed by atoms with Gasteiger partial charge in [0.2, 0.25) is 0 Å². The van der Waals surface area contributed by atoms with Crippen LogP contribution in [0.3, 0.4) is 0 Å². The number of nitro benzene ring substituents is 1. The Bertz CT molecular complexity index is 905. The second kappa shape index (κ2) is 6.45. The average molecular weight is 325 g/mol. The summed E-state index contributed by atoms with van der Waals surface area (Å²) in [5, 5.41) is 21.5. The minimum Gasteiger partial charge on any atom is -0.345 e. The summed E-state index contributed by atoms with van der Waals surface area (Å²) < 4.78 is 1.66. The molecule has 0 bridgehead atoms. The number of rotatable bonds is 5. The van der Waals surface area contributed by atoms with E-state index in [0.717, 1.165) is 0 Å². The molecule has 0 aliphatic rings. The fraction of sp³-hybridized carbons (Fsp3) is 0.188. The van der Waals surface area contributed by atoms with E-state index in [-0.39, 0.29) is 17.6 Å². The Morgan fingerprint density at radius 2 is 2.21 bits per heavy atom. The molecule has 1 aromatic carbocycles. The van der Waals surface area contributed by atoms with Crippen molar-refractivity contribution in [3.8, 4) is 0 Å². The molecule has 0 fully saturated rings. The number of hydrogen-bond acceptors (Lipinski definition) is 5. The lowest BCUT2D eigenvalue weighted by atomic mass is 10.0. The van der Waals surface area contributed by atoms with Gasteiger partial charge in [-0.15, -0.1) is 10.2 Å². The van der Waals surface area contributed by atoms with Crippen LogP contribution in [0.25, 0.3) is 5.65 Å². The topological polar surface area (TPSA) is 102 Å². The van der Waals surface area contributed by atoms with Crippen LogP contribution in [0.1, 0.15) is 35.3 Å². The average Bonchev–Trinajstić information content (AvgIpc) is 3.07. The maximum absolute atomic E-state index is 12.5. The number of aromatic nitrogens is 3. The number of fused-ring (bicyclic) bond motifs is 1. The van der Waals surface area contributed by atoms with E-state index in [1.54, 1.807) is 34.9 Å². The van der Waals surface area contributed by atoms with Gasteiger partial charge in [0, 0.05) is 18.3 Å². The van der Waals surface area contributed by atoms with Gasteiger partial charge in [-0.1, -0.05) is 19.1 Å². The summed E-state index contributed by atoms with van der Waals surface area (Å²) in [6, 6.07) is 9.36. The van der Waals surface area contributed by atoms with Crippen molar-refractivity contribution < 1.29 is 9.72 Å². The normalized spacial score (nSPS) is 12.0. The zero-order valence-corrected chi connectivity index (χ0v) is 12.9. The van der Waals surface area contributed by atoms with Crippen LogP contribution in [0.5, 0.6) is 0 Å². The Morgan fingerprint density at radius 1 is 1.38 bits per heavy atom. The predicted octanol–water partition coefficient (Wildman–Crippen LogP) is 2.52. The lowest BCUT2D eigenvalue weighted by Crippen LogP contribution is -2.28. The highest BCUT2D eigenvalue weighted by atomic mass is 16.6. The molecule has 2 aromatic heterocycles. The van der Waals surface area contributed by atoms with Gasteiger partial charge in [-0.2, -0.15) is 0 Å². The molecule has 8 heteroatoms. The SMILES string of the molecule is CC[C@H](NC(=O)c1ccc2nncn2c1)c1cccc([N+](=O)[O-])c1. The number of amides is 1. The van der Waals surface area contributed by atoms with Crippen LogP contribution >= 0.6 is 0 Å². The summed E-state index contributed by atoms with van der Waals surface area (Å²) in [4.78, 5) is 22.9. The third kappa shape index (κ3) is 3.07. The van der Waals surface area contributed by atoms with Crippen molar-refractivity contribution in [1.82, 2.24) is 19.9 Å². The van der Waals surface area contributed by atoms with Gasteiger partial charge in [0.25, 0.3) is 11.6 Å². The summed E-state index contributed by atoms with van der Waals surface area (Å²) in [7, 11) is 0. The maximum Gasteiger partial charge on any atom is 0.269 e. The summed E-state index contributed by atoms with van der Waals surface area (Å²) in [6.45, 7) is 1.91. The molecule has 1 N–H and O–H groups in total. The van der Waals surface area contributed by atoms with Gasteiger partial charge >= 0.3 is 0 Å². The minimum absolute atomic E-state index is 0.00566. The van der Waals surface area contributed by atoms with Crippen LogP contribution in [0.2, 0.25) is 0 Å². The molecule has 0 unspecified atom stereocenters. The number of carbonyl (C=O) groups is 1. The molecule has 3 rings (SSSR count). The first kappa shape index (κ1) is 15.6. The van der Waals surface area contributed by atoms with E-state index in [4.69, 9.17) is 0 Å². The van der Waals surface area contributed by atoms with Crippen molar-refractivity contribution in [2.24, 2.45) is 0 Å². The third-order valence-electron chi connectivity index (χ3n) is 3.75. The number of pyridine rings is 1. The second-order valence-corrected chi connectivity index (χ2v) is 5.30. The minimum atomic E-state index is -0.446. The number of non-ortho nitro benzene ring substituents is 1. The Kier molecular flexibility index (Phi) is 4.19. The van der Waals surface area contributed by atoms with Crippen LogP contribution < -0.4 is 5.32 Å². The zero-order valence-electron chi connectivity index (χ0n) is 12.9. The van der Waals surface area contributed by atoms with E-state index in [2.05, 4.69) is 15.5 Å². The van der Waals surface area contributed by atoms with Gasteiger partial charge in [0.1, 0.15) is 6.33 Å². The van der Waals surface area contributed by atoms with Crippen molar-refractivity contribution >= 4 is 17.2 Å². The van der Waals surface area contributed by atoms with E-state index < -0.39 is 4.92 Å². The second-order valence-electron chi connectivity index (χ2n) is 5.30. The monoisotopic (exact) mass is 325 g/mol. The van der Waals surface area contributed by atoms with Crippen molar-refractivity contribution in [1.29, 1.82) is 0 Å². The van der Waals surface area contributed by atoms with Crippen molar-refractivity contribution in [2.45, 2.75) is 19.4 Å². The fourth-order valence-electron chi connectivity index (χ4n) is 2.48. The lowest BCUT2D eigenvalue weighted by molar-refractivity contribution is -0.384. The molecule has 0 spiro atoms. The molecule has 1 amide bonds. The molecule has 0 saturated carbocycles. The van der Waals surface area contributed by atoms with Crippen LogP contribution in [0.15, 0.2) is 48.9 Å². The molecule has 122 valence electrons. The molecule has 3 aromatic rings. The van der Waals surface area contributed by atoms with E-state index >= 15 is 0 Å². The summed E-state index contributed by atoms with van der Waals surface area (Å²) in [6.07, 6.45) is 3.77. The number of hydrogen-bond donors (Lipinski definition) is 1. The van der Waals surface area contributed by atoms with Crippen LogP contribution in [-0.2, 0) is 0 Å². The van der Waals surface area contributed by atoms with Crippen LogP contribution in [0, 0.1) is 10.1 Å².